The summed E-state index contributed by atoms with van der Waals surface area (Å²) in [5.41, 5.74) is 2.46. The van der Waals surface area contributed by atoms with Gasteiger partial charge in [-0.1, -0.05) is 47.5 Å². The van der Waals surface area contributed by atoms with Crippen LogP contribution in [0.15, 0.2) is 36.4 Å². The Morgan fingerprint density at radius 3 is 2.77 bits per heavy atom. The molecule has 0 saturated carbocycles. The van der Waals surface area contributed by atoms with E-state index in [1.165, 1.54) is 11.6 Å². The largest absolute Gasteiger partial charge is 0.345 e. The molecule has 3 rings (SSSR count). The number of nitrogens with one attached hydrogen (secondary N) is 1. The molecule has 1 N–H and O–H groups in total. The van der Waals surface area contributed by atoms with Gasteiger partial charge in [0.25, 0.3) is 5.91 Å². The van der Waals surface area contributed by atoms with Gasteiger partial charge in [0, 0.05) is 0 Å². The lowest BCUT2D eigenvalue weighted by Gasteiger charge is -2.26. The summed E-state index contributed by atoms with van der Waals surface area (Å²) in [6.07, 6.45) is 2.87. The maximum atomic E-state index is 13.6. The highest BCUT2D eigenvalue weighted by molar-refractivity contribution is 6.36. The van der Waals surface area contributed by atoms with Gasteiger partial charge >= 0.3 is 0 Å². The fraction of sp³-hybridized carbons (Fsp3) is 0.235. The maximum absolute atomic E-state index is 13.6. The molecule has 1 amide bonds. The molecule has 0 heterocycles. The van der Waals surface area contributed by atoms with Crippen molar-refractivity contribution in [3.8, 4) is 0 Å². The molecular weight excluding hydrogens is 324 g/mol. The number of rotatable bonds is 2. The number of carbonyl (C=O) groups is 1. The molecule has 2 aromatic carbocycles. The zero-order valence-electron chi connectivity index (χ0n) is 11.7. The van der Waals surface area contributed by atoms with Crippen LogP contribution in [0, 0.1) is 5.82 Å². The highest BCUT2D eigenvalue weighted by atomic mass is 35.5. The Bertz CT molecular complexity index is 733. The number of benzene rings is 2. The van der Waals surface area contributed by atoms with E-state index in [0.717, 1.165) is 30.9 Å². The normalized spacial score (nSPS) is 17.0. The first-order valence-corrected chi connectivity index (χ1v) is 7.85. The summed E-state index contributed by atoms with van der Waals surface area (Å²) in [5, 5.41) is 3.00. The fourth-order valence-corrected chi connectivity index (χ4v) is 3.31. The molecule has 1 aliphatic carbocycles. The van der Waals surface area contributed by atoms with Crippen LogP contribution in [0.5, 0.6) is 0 Å². The van der Waals surface area contributed by atoms with Crippen LogP contribution < -0.4 is 5.32 Å². The molecule has 0 fully saturated rings. The van der Waals surface area contributed by atoms with Gasteiger partial charge in [0.1, 0.15) is 5.82 Å². The van der Waals surface area contributed by atoms with Crippen LogP contribution in [0.3, 0.4) is 0 Å². The van der Waals surface area contributed by atoms with Crippen molar-refractivity contribution in [2.75, 3.05) is 0 Å². The molecule has 0 radical (unpaired) electrons. The van der Waals surface area contributed by atoms with Crippen LogP contribution in [-0.2, 0) is 6.42 Å². The monoisotopic (exact) mass is 337 g/mol. The molecule has 2 nitrogen and oxygen atoms in total. The first-order valence-electron chi connectivity index (χ1n) is 7.09. The van der Waals surface area contributed by atoms with Gasteiger partial charge in [-0.05, 0) is 42.5 Å². The van der Waals surface area contributed by atoms with Crippen LogP contribution in [0.1, 0.15) is 40.4 Å². The van der Waals surface area contributed by atoms with Crippen LogP contribution in [0.2, 0.25) is 10.0 Å². The summed E-state index contributed by atoms with van der Waals surface area (Å²) in [5.74, 6) is -1.04. The topological polar surface area (TPSA) is 29.1 Å². The van der Waals surface area contributed by atoms with E-state index in [2.05, 4.69) is 11.4 Å². The molecule has 1 unspecified atom stereocenters. The smallest absolute Gasteiger partial charge is 0.253 e. The minimum absolute atomic E-state index is 0.0766. The van der Waals surface area contributed by atoms with Crippen molar-refractivity contribution < 1.29 is 9.18 Å². The van der Waals surface area contributed by atoms with Crippen molar-refractivity contribution in [1.82, 2.24) is 5.32 Å². The van der Waals surface area contributed by atoms with Crippen molar-refractivity contribution in [2.24, 2.45) is 0 Å². The zero-order valence-corrected chi connectivity index (χ0v) is 13.2. The highest BCUT2D eigenvalue weighted by Gasteiger charge is 2.23. The molecule has 0 aliphatic heterocycles. The Morgan fingerprint density at radius 2 is 1.95 bits per heavy atom. The SMILES string of the molecule is O=C(NC1CCCc2ccccc21)c1cc(F)c(Cl)cc1Cl. The molecule has 0 spiro atoms. The molecule has 114 valence electrons. The number of halogens is 3. The first-order chi connectivity index (χ1) is 10.6. The molecule has 22 heavy (non-hydrogen) atoms. The Labute approximate surface area is 138 Å². The third-order valence-electron chi connectivity index (χ3n) is 3.93. The second kappa shape index (κ2) is 6.27. The summed E-state index contributed by atoms with van der Waals surface area (Å²) in [4.78, 5) is 12.4. The first kappa shape index (κ1) is 15.3. The second-order valence-corrected chi connectivity index (χ2v) is 6.18. The number of aryl methyl sites for hydroxylation is 1. The number of hydrogen-bond donors (Lipinski definition) is 1. The Morgan fingerprint density at radius 1 is 1.18 bits per heavy atom. The third kappa shape index (κ3) is 2.96. The Kier molecular flexibility index (Phi) is 4.37. The van der Waals surface area contributed by atoms with Gasteiger partial charge in [-0.15, -0.1) is 0 Å². The highest BCUT2D eigenvalue weighted by Crippen LogP contribution is 2.30. The van der Waals surface area contributed by atoms with Crippen LogP contribution in [0.4, 0.5) is 4.39 Å². The summed E-state index contributed by atoms with van der Waals surface area (Å²) >= 11 is 11.7. The second-order valence-electron chi connectivity index (χ2n) is 5.36. The van der Waals surface area contributed by atoms with Gasteiger partial charge in [-0.3, -0.25) is 4.79 Å². The summed E-state index contributed by atoms with van der Waals surface area (Å²) in [6, 6.07) is 10.3. The molecule has 2 aromatic rings. The molecule has 0 saturated heterocycles. The van der Waals surface area contributed by atoms with Crippen LogP contribution >= 0.6 is 23.2 Å². The molecule has 0 aromatic heterocycles. The standard InChI is InChI=1S/C17H14Cl2FNO/c18-13-9-14(19)15(20)8-12(13)17(22)21-16-7-3-5-10-4-1-2-6-11(10)16/h1-2,4,6,8-9,16H,3,5,7H2,(H,21,22). The van der Waals surface area contributed by atoms with Crippen molar-refractivity contribution in [1.29, 1.82) is 0 Å². The third-order valence-corrected chi connectivity index (χ3v) is 4.53. The number of amides is 1. The van der Waals surface area contributed by atoms with E-state index in [9.17, 15) is 9.18 Å². The Hall–Kier alpha value is -1.58. The predicted octanol–water partition coefficient (Wildman–Crippen LogP) is 4.94. The zero-order chi connectivity index (χ0) is 15.7. The van der Waals surface area contributed by atoms with E-state index in [1.807, 2.05) is 18.2 Å². The van der Waals surface area contributed by atoms with Gasteiger partial charge in [-0.25, -0.2) is 4.39 Å². The van der Waals surface area contributed by atoms with E-state index >= 15 is 0 Å². The van der Waals surface area contributed by atoms with Gasteiger partial charge in [0.15, 0.2) is 0 Å². The number of carbonyl (C=O) groups excluding carboxylic acids is 1. The van der Waals surface area contributed by atoms with Crippen molar-refractivity contribution >= 4 is 29.1 Å². The number of fused-ring (bicyclic) bond motifs is 1. The summed E-state index contributed by atoms with van der Waals surface area (Å²) in [6.45, 7) is 0. The quantitative estimate of drug-likeness (QED) is 0.772. The predicted molar refractivity (Wildman–Crippen MR) is 86.0 cm³/mol. The minimum Gasteiger partial charge on any atom is -0.345 e. The summed E-state index contributed by atoms with van der Waals surface area (Å²) < 4.78 is 13.6. The van der Waals surface area contributed by atoms with Crippen LogP contribution in [0.25, 0.3) is 0 Å². The van der Waals surface area contributed by atoms with Gasteiger partial charge < -0.3 is 5.32 Å². The van der Waals surface area contributed by atoms with E-state index in [0.29, 0.717) is 0 Å². The summed E-state index contributed by atoms with van der Waals surface area (Å²) in [7, 11) is 0. The van der Waals surface area contributed by atoms with Crippen molar-refractivity contribution in [3.05, 3.63) is 69.0 Å². The van der Waals surface area contributed by atoms with E-state index < -0.39 is 5.82 Å². The lowest BCUT2D eigenvalue weighted by Crippen LogP contribution is -2.31. The van der Waals surface area contributed by atoms with Crippen molar-refractivity contribution in [2.45, 2.75) is 25.3 Å². The fourth-order valence-electron chi connectivity index (χ4n) is 2.84. The maximum Gasteiger partial charge on any atom is 0.253 e. The van der Waals surface area contributed by atoms with E-state index in [1.54, 1.807) is 0 Å². The average molecular weight is 338 g/mol. The van der Waals surface area contributed by atoms with Gasteiger partial charge in [0.05, 0.1) is 21.7 Å². The molecular formula is C17H14Cl2FNO. The van der Waals surface area contributed by atoms with Gasteiger partial charge in [0.2, 0.25) is 0 Å². The van der Waals surface area contributed by atoms with Gasteiger partial charge in [-0.2, -0.15) is 0 Å². The molecule has 1 atom stereocenters. The lowest BCUT2D eigenvalue weighted by atomic mass is 9.87. The molecule has 1 aliphatic rings. The average Bonchev–Trinajstić information content (AvgIpc) is 2.51. The Balaban J connectivity index is 1.85. The van der Waals surface area contributed by atoms with E-state index in [-0.39, 0.29) is 27.6 Å². The molecule has 5 heteroatoms. The minimum atomic E-state index is -0.653. The number of hydrogen-bond acceptors (Lipinski definition) is 1. The lowest BCUT2D eigenvalue weighted by molar-refractivity contribution is 0.0932. The van der Waals surface area contributed by atoms with E-state index in [4.69, 9.17) is 23.2 Å². The molecule has 0 bridgehead atoms. The van der Waals surface area contributed by atoms with Crippen LogP contribution in [-0.4, -0.2) is 5.91 Å². The van der Waals surface area contributed by atoms with Crippen molar-refractivity contribution in [3.63, 3.8) is 0 Å².